The lowest BCUT2D eigenvalue weighted by molar-refractivity contribution is 0.486. The first-order valence-electron chi connectivity index (χ1n) is 8.71. The van der Waals surface area contributed by atoms with Crippen LogP contribution in [-0.4, -0.2) is 23.4 Å². The summed E-state index contributed by atoms with van der Waals surface area (Å²) < 4.78 is 72.6. The topological polar surface area (TPSA) is 93.5 Å². The zero-order valence-corrected chi connectivity index (χ0v) is 17.4. The standard InChI is InChI=1S/C20H20FNO5S2/c1-14-5-8-17(9-6-14)28(23,24)20(18-4-3-11-27-18)13-22-29(25,26)19-10-7-16(21)12-15(19)2/h3-12,20,22H,13H2,1-2H3/t20-/m1/s1. The van der Waals surface area contributed by atoms with Crippen molar-refractivity contribution in [3.63, 3.8) is 0 Å². The van der Waals surface area contributed by atoms with Crippen molar-refractivity contribution in [3.05, 3.63) is 83.6 Å². The summed E-state index contributed by atoms with van der Waals surface area (Å²) in [4.78, 5) is -0.0634. The number of hydrogen-bond acceptors (Lipinski definition) is 5. The van der Waals surface area contributed by atoms with Crippen LogP contribution in [0.1, 0.15) is 22.1 Å². The van der Waals surface area contributed by atoms with Gasteiger partial charge in [-0.1, -0.05) is 17.7 Å². The van der Waals surface area contributed by atoms with E-state index in [2.05, 4.69) is 4.72 Å². The Morgan fingerprint density at radius 1 is 1.00 bits per heavy atom. The number of furan rings is 1. The Labute approximate surface area is 169 Å². The van der Waals surface area contributed by atoms with E-state index in [9.17, 15) is 21.2 Å². The first-order valence-corrected chi connectivity index (χ1v) is 11.7. The predicted octanol–water partition coefficient (Wildman–Crippen LogP) is 3.53. The number of nitrogens with one attached hydrogen (secondary N) is 1. The van der Waals surface area contributed by atoms with E-state index in [-0.39, 0.29) is 21.1 Å². The summed E-state index contributed by atoms with van der Waals surface area (Å²) in [5.74, 6) is -0.444. The lowest BCUT2D eigenvalue weighted by atomic mass is 10.2. The van der Waals surface area contributed by atoms with Crippen molar-refractivity contribution < 1.29 is 25.6 Å². The normalized spacial score (nSPS) is 13.3. The first kappa shape index (κ1) is 21.2. The van der Waals surface area contributed by atoms with Crippen molar-refractivity contribution >= 4 is 19.9 Å². The van der Waals surface area contributed by atoms with Crippen LogP contribution < -0.4 is 4.72 Å². The summed E-state index contributed by atoms with van der Waals surface area (Å²) in [5.41, 5.74) is 1.11. The van der Waals surface area contributed by atoms with Gasteiger partial charge in [0.25, 0.3) is 0 Å². The number of sulfone groups is 1. The minimum absolute atomic E-state index is 0.0571. The molecule has 0 saturated carbocycles. The minimum Gasteiger partial charge on any atom is -0.468 e. The Morgan fingerprint density at radius 3 is 2.28 bits per heavy atom. The molecule has 0 amide bonds. The van der Waals surface area contributed by atoms with Gasteiger partial charge in [0.15, 0.2) is 9.84 Å². The molecule has 0 bridgehead atoms. The molecule has 1 N–H and O–H groups in total. The van der Waals surface area contributed by atoms with Gasteiger partial charge in [-0.15, -0.1) is 0 Å². The average Bonchev–Trinajstić information content (AvgIpc) is 3.15. The Balaban J connectivity index is 1.94. The third kappa shape index (κ3) is 4.58. The van der Waals surface area contributed by atoms with Crippen LogP contribution >= 0.6 is 0 Å². The second-order valence-corrected chi connectivity index (χ2v) is 10.5. The summed E-state index contributed by atoms with van der Waals surface area (Å²) in [5, 5.41) is -1.27. The molecule has 3 rings (SSSR count). The van der Waals surface area contributed by atoms with Crippen LogP contribution in [0.3, 0.4) is 0 Å². The van der Waals surface area contributed by atoms with Crippen LogP contribution in [-0.2, 0) is 19.9 Å². The number of benzene rings is 2. The smallest absolute Gasteiger partial charge is 0.240 e. The van der Waals surface area contributed by atoms with Gasteiger partial charge in [-0.05, 0) is 61.9 Å². The SMILES string of the molecule is Cc1ccc(S(=O)(=O)[C@H](CNS(=O)(=O)c2ccc(F)cc2C)c2ccco2)cc1. The van der Waals surface area contributed by atoms with Gasteiger partial charge < -0.3 is 4.42 Å². The number of aryl methyl sites for hydroxylation is 2. The van der Waals surface area contributed by atoms with E-state index in [1.54, 1.807) is 12.1 Å². The van der Waals surface area contributed by atoms with E-state index in [0.717, 1.165) is 23.8 Å². The van der Waals surface area contributed by atoms with Crippen LogP contribution in [0.25, 0.3) is 0 Å². The van der Waals surface area contributed by atoms with Gasteiger partial charge >= 0.3 is 0 Å². The number of hydrogen-bond donors (Lipinski definition) is 1. The molecule has 6 nitrogen and oxygen atoms in total. The Morgan fingerprint density at radius 2 is 1.69 bits per heavy atom. The molecule has 154 valence electrons. The summed E-state index contributed by atoms with van der Waals surface area (Å²) >= 11 is 0. The Bertz CT molecular complexity index is 1200. The lowest BCUT2D eigenvalue weighted by Gasteiger charge is -2.17. The highest BCUT2D eigenvalue weighted by Gasteiger charge is 2.33. The molecule has 9 heteroatoms. The summed E-state index contributed by atoms with van der Waals surface area (Å²) in [7, 11) is -8.01. The molecule has 0 fully saturated rings. The van der Waals surface area contributed by atoms with Crippen molar-refractivity contribution in [1.29, 1.82) is 0 Å². The maximum Gasteiger partial charge on any atom is 0.240 e. The molecule has 0 aliphatic heterocycles. The molecule has 1 heterocycles. The van der Waals surface area contributed by atoms with Crippen molar-refractivity contribution in [1.82, 2.24) is 4.72 Å². The van der Waals surface area contributed by atoms with E-state index in [0.29, 0.717) is 0 Å². The maximum absolute atomic E-state index is 13.3. The predicted molar refractivity (Wildman–Crippen MR) is 106 cm³/mol. The second kappa shape index (κ2) is 8.10. The first-order chi connectivity index (χ1) is 13.6. The monoisotopic (exact) mass is 437 g/mol. The lowest BCUT2D eigenvalue weighted by Crippen LogP contribution is -2.32. The van der Waals surface area contributed by atoms with Crippen LogP contribution in [0.5, 0.6) is 0 Å². The fraction of sp³-hybridized carbons (Fsp3) is 0.200. The molecule has 0 aliphatic carbocycles. The molecule has 1 aromatic heterocycles. The third-order valence-electron chi connectivity index (χ3n) is 4.47. The van der Waals surface area contributed by atoms with Crippen LogP contribution in [0.4, 0.5) is 4.39 Å². The molecule has 2 aromatic carbocycles. The minimum atomic E-state index is -4.07. The molecular weight excluding hydrogens is 417 g/mol. The average molecular weight is 438 g/mol. The van der Waals surface area contributed by atoms with Crippen LogP contribution in [0.2, 0.25) is 0 Å². The third-order valence-corrected chi connectivity index (χ3v) is 8.13. The molecule has 0 aliphatic rings. The largest absolute Gasteiger partial charge is 0.468 e. The van der Waals surface area contributed by atoms with E-state index < -0.39 is 37.5 Å². The van der Waals surface area contributed by atoms with Gasteiger partial charge in [0.1, 0.15) is 16.8 Å². The number of halogens is 1. The highest BCUT2D eigenvalue weighted by Crippen LogP contribution is 2.29. The van der Waals surface area contributed by atoms with Crippen molar-refractivity contribution in [3.8, 4) is 0 Å². The fourth-order valence-corrected chi connectivity index (χ4v) is 5.87. The Kier molecular flexibility index (Phi) is 5.92. The molecule has 0 unspecified atom stereocenters. The summed E-state index contributed by atoms with van der Waals surface area (Å²) in [6.07, 6.45) is 1.33. The van der Waals surface area contributed by atoms with E-state index in [4.69, 9.17) is 4.42 Å². The van der Waals surface area contributed by atoms with Gasteiger partial charge in [-0.25, -0.2) is 25.9 Å². The molecule has 0 radical (unpaired) electrons. The van der Waals surface area contributed by atoms with Gasteiger partial charge in [0.05, 0.1) is 16.1 Å². The highest BCUT2D eigenvalue weighted by atomic mass is 32.2. The van der Waals surface area contributed by atoms with Crippen molar-refractivity contribution in [2.75, 3.05) is 6.54 Å². The maximum atomic E-state index is 13.3. The molecule has 1 atom stereocenters. The van der Waals surface area contributed by atoms with Gasteiger partial charge in [-0.3, -0.25) is 0 Å². The van der Waals surface area contributed by atoms with Gasteiger partial charge in [0, 0.05) is 6.54 Å². The molecule has 0 saturated heterocycles. The molecule has 0 spiro atoms. The zero-order chi connectivity index (χ0) is 21.2. The van der Waals surface area contributed by atoms with E-state index in [1.165, 1.54) is 37.5 Å². The Hall–Kier alpha value is -2.49. The van der Waals surface area contributed by atoms with Crippen LogP contribution in [0, 0.1) is 19.7 Å². The van der Waals surface area contributed by atoms with Crippen LogP contribution in [0.15, 0.2) is 75.1 Å². The van der Waals surface area contributed by atoms with E-state index >= 15 is 0 Å². The number of sulfonamides is 1. The van der Waals surface area contributed by atoms with Gasteiger partial charge in [0.2, 0.25) is 10.0 Å². The quantitative estimate of drug-likeness (QED) is 0.610. The molecule has 29 heavy (non-hydrogen) atoms. The summed E-state index contributed by atoms with van der Waals surface area (Å²) in [6.45, 7) is 2.85. The zero-order valence-electron chi connectivity index (χ0n) is 15.8. The van der Waals surface area contributed by atoms with Crippen molar-refractivity contribution in [2.24, 2.45) is 0 Å². The second-order valence-electron chi connectivity index (χ2n) is 6.62. The number of rotatable bonds is 7. The van der Waals surface area contributed by atoms with E-state index in [1.807, 2.05) is 6.92 Å². The fourth-order valence-electron chi connectivity index (χ4n) is 2.91. The van der Waals surface area contributed by atoms with Gasteiger partial charge in [-0.2, -0.15) is 0 Å². The molecule has 3 aromatic rings. The summed E-state index contributed by atoms with van der Waals surface area (Å²) in [6, 6.07) is 12.6. The molecular formula is C20H20FNO5S2. The highest BCUT2D eigenvalue weighted by molar-refractivity contribution is 7.92. The van der Waals surface area contributed by atoms with Crippen molar-refractivity contribution in [2.45, 2.75) is 28.9 Å².